The van der Waals surface area contributed by atoms with E-state index in [1.807, 2.05) is 4.90 Å². The van der Waals surface area contributed by atoms with Crippen LogP contribution in [0.1, 0.15) is 17.7 Å². The molecule has 0 aliphatic carbocycles. The third kappa shape index (κ3) is 4.47. The molecule has 3 N–H and O–H groups in total. The number of nitrogens with zero attached hydrogens (tertiary/aromatic N) is 2. The lowest BCUT2D eigenvalue weighted by Crippen LogP contribution is -2.45. The highest BCUT2D eigenvalue weighted by Gasteiger charge is 2.44. The van der Waals surface area contributed by atoms with Crippen molar-refractivity contribution in [2.45, 2.75) is 31.7 Å². The first kappa shape index (κ1) is 17.5. The van der Waals surface area contributed by atoms with Crippen LogP contribution in [-0.2, 0) is 6.54 Å². The van der Waals surface area contributed by atoms with Crippen LogP contribution in [0.15, 0.2) is 6.20 Å². The number of anilines is 1. The molecular weight excluding hydrogens is 315 g/mol. The summed E-state index contributed by atoms with van der Waals surface area (Å²) in [5, 5.41) is 9.77. The second-order valence-corrected chi connectivity index (χ2v) is 5.94. The average molecular weight is 332 g/mol. The molecule has 1 saturated heterocycles. The van der Waals surface area contributed by atoms with Gasteiger partial charge in [0.2, 0.25) is 0 Å². The highest BCUT2D eigenvalue weighted by molar-refractivity contribution is 7.15. The minimum Gasteiger partial charge on any atom is -0.383 e. The van der Waals surface area contributed by atoms with Crippen LogP contribution in [0, 0.1) is 5.92 Å². The van der Waals surface area contributed by atoms with Crippen molar-refractivity contribution in [1.82, 2.24) is 9.88 Å². The number of aliphatic hydroxyl groups excluding tert-OH is 1. The molecule has 0 amide bonds. The number of halogens is 4. The summed E-state index contributed by atoms with van der Waals surface area (Å²) in [6.07, 6.45) is -4.07. The van der Waals surface area contributed by atoms with Crippen molar-refractivity contribution in [1.29, 1.82) is 0 Å². The van der Waals surface area contributed by atoms with Gasteiger partial charge in [-0.3, -0.25) is 4.90 Å². The number of piperidine rings is 1. The van der Waals surface area contributed by atoms with Gasteiger partial charge in [0.15, 0.2) is 11.2 Å². The van der Waals surface area contributed by atoms with Crippen LogP contribution >= 0.6 is 23.7 Å². The Balaban J connectivity index is 0.00000200. The highest BCUT2D eigenvalue weighted by Crippen LogP contribution is 2.31. The van der Waals surface area contributed by atoms with Crippen molar-refractivity contribution in [3.63, 3.8) is 0 Å². The molecule has 0 bridgehead atoms. The molecule has 2 heterocycles. The van der Waals surface area contributed by atoms with Gasteiger partial charge in [0.05, 0.1) is 0 Å². The molecule has 0 aromatic carbocycles. The monoisotopic (exact) mass is 331 g/mol. The zero-order valence-corrected chi connectivity index (χ0v) is 12.3. The van der Waals surface area contributed by atoms with Gasteiger partial charge in [-0.15, -0.1) is 23.7 Å². The number of nitrogen functional groups attached to an aromatic ring is 1. The van der Waals surface area contributed by atoms with Crippen LogP contribution in [0.3, 0.4) is 0 Å². The van der Waals surface area contributed by atoms with Gasteiger partial charge in [-0.05, 0) is 19.4 Å². The maximum atomic E-state index is 12.5. The number of alkyl halides is 3. The van der Waals surface area contributed by atoms with E-state index in [9.17, 15) is 18.3 Å². The molecule has 0 radical (unpaired) electrons. The summed E-state index contributed by atoms with van der Waals surface area (Å²) < 4.78 is 37.5. The first-order chi connectivity index (χ1) is 8.86. The predicted octanol–water partition coefficient (Wildman–Crippen LogP) is 2.28. The van der Waals surface area contributed by atoms with Crippen LogP contribution in [0.25, 0.3) is 0 Å². The van der Waals surface area contributed by atoms with Gasteiger partial charge < -0.3 is 10.8 Å². The van der Waals surface area contributed by atoms with E-state index in [4.69, 9.17) is 5.73 Å². The summed E-state index contributed by atoms with van der Waals surface area (Å²) in [5.74, 6) is -0.751. The van der Waals surface area contributed by atoms with Crippen molar-refractivity contribution >= 4 is 28.9 Å². The zero-order valence-electron chi connectivity index (χ0n) is 10.6. The van der Waals surface area contributed by atoms with E-state index in [1.54, 1.807) is 6.20 Å². The Morgan fingerprint density at radius 3 is 2.80 bits per heavy atom. The SMILES string of the molecule is Cl.Nc1ncc(CN2CCCC(C(O)C(F)(F)F)C2)s1. The van der Waals surface area contributed by atoms with E-state index in [0.29, 0.717) is 24.5 Å². The summed E-state index contributed by atoms with van der Waals surface area (Å²) >= 11 is 1.34. The van der Waals surface area contributed by atoms with E-state index >= 15 is 0 Å². The molecule has 1 aliphatic rings. The van der Waals surface area contributed by atoms with Gasteiger partial charge in [0.1, 0.15) is 0 Å². The fraction of sp³-hybridized carbons (Fsp3) is 0.727. The minimum atomic E-state index is -4.54. The van der Waals surface area contributed by atoms with Crippen LogP contribution in [0.2, 0.25) is 0 Å². The van der Waals surface area contributed by atoms with Gasteiger partial charge in [0, 0.05) is 30.1 Å². The Morgan fingerprint density at radius 1 is 1.55 bits per heavy atom. The third-order valence-electron chi connectivity index (χ3n) is 3.27. The van der Waals surface area contributed by atoms with E-state index in [0.717, 1.165) is 11.4 Å². The predicted molar refractivity (Wildman–Crippen MR) is 73.8 cm³/mol. The van der Waals surface area contributed by atoms with Gasteiger partial charge in [0.25, 0.3) is 0 Å². The summed E-state index contributed by atoms with van der Waals surface area (Å²) in [5.41, 5.74) is 5.52. The Labute approximate surface area is 125 Å². The minimum absolute atomic E-state index is 0. The number of hydrogen-bond donors (Lipinski definition) is 2. The van der Waals surface area contributed by atoms with Crippen LogP contribution < -0.4 is 5.73 Å². The molecule has 0 saturated carbocycles. The van der Waals surface area contributed by atoms with Crippen LogP contribution in [0.5, 0.6) is 0 Å². The van der Waals surface area contributed by atoms with Crippen molar-refractivity contribution in [2.24, 2.45) is 5.92 Å². The topological polar surface area (TPSA) is 62.4 Å². The summed E-state index contributed by atoms with van der Waals surface area (Å²) in [6, 6.07) is 0. The molecule has 0 spiro atoms. The first-order valence-corrected chi connectivity index (χ1v) is 6.85. The molecule has 116 valence electrons. The summed E-state index contributed by atoms with van der Waals surface area (Å²) in [6.45, 7) is 1.52. The van der Waals surface area contributed by atoms with Crippen LogP contribution in [0.4, 0.5) is 18.3 Å². The normalized spacial score (nSPS) is 22.3. The Bertz CT molecular complexity index is 429. The molecular formula is C11H17ClF3N3OS. The number of thiazole rings is 1. The fourth-order valence-electron chi connectivity index (χ4n) is 2.38. The lowest BCUT2D eigenvalue weighted by Gasteiger charge is -2.35. The molecule has 2 atom stereocenters. The van der Waals surface area contributed by atoms with Crippen molar-refractivity contribution in [2.75, 3.05) is 18.8 Å². The molecule has 9 heteroatoms. The first-order valence-electron chi connectivity index (χ1n) is 6.03. The third-order valence-corrected chi connectivity index (χ3v) is 4.09. The molecule has 20 heavy (non-hydrogen) atoms. The maximum Gasteiger partial charge on any atom is 0.414 e. The lowest BCUT2D eigenvalue weighted by atomic mass is 9.92. The second-order valence-electron chi connectivity index (χ2n) is 4.79. The number of nitrogens with two attached hydrogens (primary N) is 1. The molecule has 1 fully saturated rings. The number of likely N-dealkylation sites (tertiary alicyclic amines) is 1. The molecule has 4 nitrogen and oxygen atoms in total. The smallest absolute Gasteiger partial charge is 0.383 e. The Morgan fingerprint density at radius 2 is 2.25 bits per heavy atom. The molecule has 1 aromatic heterocycles. The van der Waals surface area contributed by atoms with E-state index < -0.39 is 18.2 Å². The molecule has 1 aromatic rings. The van der Waals surface area contributed by atoms with Crippen LogP contribution in [-0.4, -0.2) is 40.4 Å². The standard InChI is InChI=1S/C11H16F3N3OS.ClH/c12-11(13,14)9(18)7-2-1-3-17(5-7)6-8-4-16-10(15)19-8;/h4,7,9,18H,1-3,5-6H2,(H2,15,16);1H. The van der Waals surface area contributed by atoms with Gasteiger partial charge in [-0.25, -0.2) is 4.98 Å². The number of hydrogen-bond acceptors (Lipinski definition) is 5. The Hall–Kier alpha value is -0.570. The van der Waals surface area contributed by atoms with Gasteiger partial charge in [-0.1, -0.05) is 0 Å². The van der Waals surface area contributed by atoms with Gasteiger partial charge >= 0.3 is 6.18 Å². The number of rotatable bonds is 3. The summed E-state index contributed by atoms with van der Waals surface area (Å²) in [7, 11) is 0. The highest BCUT2D eigenvalue weighted by atomic mass is 35.5. The molecule has 1 aliphatic heterocycles. The van der Waals surface area contributed by atoms with Crippen molar-refractivity contribution in [3.05, 3.63) is 11.1 Å². The van der Waals surface area contributed by atoms with E-state index in [-0.39, 0.29) is 19.0 Å². The van der Waals surface area contributed by atoms with E-state index in [2.05, 4.69) is 4.98 Å². The zero-order chi connectivity index (χ0) is 14.0. The quantitative estimate of drug-likeness (QED) is 0.892. The average Bonchev–Trinajstić information content (AvgIpc) is 2.73. The van der Waals surface area contributed by atoms with E-state index in [1.165, 1.54) is 11.3 Å². The lowest BCUT2D eigenvalue weighted by molar-refractivity contribution is -0.223. The van der Waals surface area contributed by atoms with Gasteiger partial charge in [-0.2, -0.15) is 13.2 Å². The van der Waals surface area contributed by atoms with Crippen molar-refractivity contribution < 1.29 is 18.3 Å². The maximum absolute atomic E-state index is 12.5. The second kappa shape index (κ2) is 6.93. The largest absolute Gasteiger partial charge is 0.414 e. The number of aliphatic hydroxyl groups is 1. The Kier molecular flexibility index (Phi) is 6.06. The molecule has 2 unspecified atom stereocenters. The number of aromatic nitrogens is 1. The molecule has 2 rings (SSSR count). The fourth-order valence-corrected chi connectivity index (χ4v) is 3.10. The summed E-state index contributed by atoms with van der Waals surface area (Å²) in [4.78, 5) is 6.76. The van der Waals surface area contributed by atoms with Crippen molar-refractivity contribution in [3.8, 4) is 0 Å².